The van der Waals surface area contributed by atoms with Gasteiger partial charge in [0.15, 0.2) is 0 Å². The van der Waals surface area contributed by atoms with Crippen LogP contribution in [0.25, 0.3) is 122 Å². The number of benzene rings is 6. The van der Waals surface area contributed by atoms with Crippen molar-refractivity contribution in [2.45, 2.75) is 0 Å². The maximum absolute atomic E-state index is 6.51. The molecule has 0 fully saturated rings. The molecule has 7 heterocycles. The number of hydrogen-bond acceptors (Lipinski definition) is 5. The van der Waals surface area contributed by atoms with Gasteiger partial charge in [-0.1, -0.05) is 60.7 Å². The summed E-state index contributed by atoms with van der Waals surface area (Å²) in [5.74, 6) is 0. The summed E-state index contributed by atoms with van der Waals surface area (Å²) in [6.07, 6.45) is 7.42. The van der Waals surface area contributed by atoms with E-state index < -0.39 is 0 Å². The summed E-state index contributed by atoms with van der Waals surface area (Å²) in [5, 5.41) is 4.27. The van der Waals surface area contributed by atoms with Crippen molar-refractivity contribution < 1.29 is 4.42 Å². The molecule has 0 N–H and O–H groups in total. The van der Waals surface area contributed by atoms with Crippen LogP contribution in [-0.4, -0.2) is 29.1 Å². The summed E-state index contributed by atoms with van der Waals surface area (Å²) in [6.45, 7) is 0. The molecule has 0 bridgehead atoms. The molecule has 0 saturated carbocycles. The van der Waals surface area contributed by atoms with Crippen LogP contribution in [0.2, 0.25) is 0 Å². The van der Waals surface area contributed by atoms with Crippen molar-refractivity contribution in [3.8, 4) is 56.1 Å². The van der Waals surface area contributed by atoms with Crippen molar-refractivity contribution in [2.24, 2.45) is 0 Å². The second-order valence-electron chi connectivity index (χ2n) is 15.9. The van der Waals surface area contributed by atoms with Crippen LogP contribution >= 0.6 is 0 Å². The molecule has 0 unspecified atom stereocenters. The van der Waals surface area contributed by atoms with Gasteiger partial charge in [-0.05, 0) is 144 Å². The van der Waals surface area contributed by atoms with Gasteiger partial charge in [-0.3, -0.25) is 19.9 Å². The van der Waals surface area contributed by atoms with Crippen LogP contribution in [-0.2, 0) is 0 Å². The Morgan fingerprint density at radius 3 is 1.24 bits per heavy atom. The third-order valence-electron chi connectivity index (χ3n) is 12.3. The molecule has 13 rings (SSSR count). The molecule has 294 valence electrons. The summed E-state index contributed by atoms with van der Waals surface area (Å²) >= 11 is 0. The summed E-state index contributed by atoms with van der Waals surface area (Å²) < 4.78 is 11.1. The molecule has 0 aliphatic rings. The molecule has 7 nitrogen and oxygen atoms in total. The standard InChI is InChI=1S/C56H34N6O/c1-3-25-57-47(13-1)39-11-5-9-35(29-39)37-17-21-49-45(31-37)55-51(15-7-27-59-55)61(49)41-19-23-53-43(33-41)44-34-42(20-24-54(44)63-53)62-50-22-18-38(32-46(50)56-52(62)16-8-28-60-56)36-10-6-12-40(30-36)48-14-2-4-26-58-48/h1-34H. The van der Waals surface area contributed by atoms with Crippen molar-refractivity contribution in [1.29, 1.82) is 0 Å². The van der Waals surface area contributed by atoms with Gasteiger partial charge < -0.3 is 13.6 Å². The molecular formula is C56H34N6O. The van der Waals surface area contributed by atoms with Gasteiger partial charge in [0.2, 0.25) is 0 Å². The summed E-state index contributed by atoms with van der Waals surface area (Å²) in [5.41, 5.74) is 18.5. The SMILES string of the molecule is c1ccc(-c2cccc(-c3ccc4c(c3)c3ncccc3n4-c3ccc4oc5ccc(-n6c7ccc(-c8cccc(-c9ccccn9)c8)cc7c7ncccc76)cc5c4c3)c2)nc1. The number of aromatic nitrogens is 6. The van der Waals surface area contributed by atoms with E-state index in [1.165, 1.54) is 0 Å². The number of nitrogens with zero attached hydrogens (tertiary/aromatic N) is 6. The lowest BCUT2D eigenvalue weighted by Crippen LogP contribution is -1.94. The zero-order valence-corrected chi connectivity index (χ0v) is 33.7. The minimum atomic E-state index is 0.835. The Morgan fingerprint density at radius 1 is 0.302 bits per heavy atom. The molecule has 0 aliphatic heterocycles. The van der Waals surface area contributed by atoms with Crippen LogP contribution in [0.1, 0.15) is 0 Å². The van der Waals surface area contributed by atoms with Gasteiger partial charge in [0.1, 0.15) is 11.2 Å². The number of pyridine rings is 4. The van der Waals surface area contributed by atoms with Crippen molar-refractivity contribution in [3.63, 3.8) is 0 Å². The Bertz CT molecular complexity index is 3670. The predicted octanol–water partition coefficient (Wildman–Crippen LogP) is 14.0. The second-order valence-corrected chi connectivity index (χ2v) is 15.9. The van der Waals surface area contributed by atoms with E-state index in [-0.39, 0.29) is 0 Å². The van der Waals surface area contributed by atoms with Crippen molar-refractivity contribution in [1.82, 2.24) is 29.1 Å². The third-order valence-corrected chi connectivity index (χ3v) is 12.3. The highest BCUT2D eigenvalue weighted by Gasteiger charge is 2.19. The number of hydrogen-bond donors (Lipinski definition) is 0. The van der Waals surface area contributed by atoms with Crippen molar-refractivity contribution in [3.05, 3.63) is 207 Å². The normalized spacial score (nSPS) is 11.8. The lowest BCUT2D eigenvalue weighted by atomic mass is 10.00. The van der Waals surface area contributed by atoms with E-state index in [2.05, 4.69) is 153 Å². The molecule has 7 aromatic heterocycles. The zero-order valence-electron chi connectivity index (χ0n) is 33.7. The Labute approximate surface area is 360 Å². The van der Waals surface area contributed by atoms with Gasteiger partial charge in [-0.2, -0.15) is 0 Å². The van der Waals surface area contributed by atoms with Gasteiger partial charge in [0, 0.05) is 68.8 Å². The van der Waals surface area contributed by atoms with Crippen LogP contribution in [0.15, 0.2) is 211 Å². The molecule has 7 heteroatoms. The van der Waals surface area contributed by atoms with E-state index in [0.717, 1.165) is 122 Å². The predicted molar refractivity (Wildman–Crippen MR) is 255 cm³/mol. The molecular weight excluding hydrogens is 773 g/mol. The maximum Gasteiger partial charge on any atom is 0.135 e. The van der Waals surface area contributed by atoms with E-state index in [1.54, 1.807) is 0 Å². The van der Waals surface area contributed by atoms with Gasteiger partial charge >= 0.3 is 0 Å². The van der Waals surface area contributed by atoms with Gasteiger partial charge in [-0.25, -0.2) is 0 Å². The maximum atomic E-state index is 6.51. The zero-order chi connectivity index (χ0) is 41.4. The Hall–Kier alpha value is -8.68. The lowest BCUT2D eigenvalue weighted by Gasteiger charge is -2.10. The smallest absolute Gasteiger partial charge is 0.135 e. The number of fused-ring (bicyclic) bond motifs is 9. The van der Waals surface area contributed by atoms with E-state index in [9.17, 15) is 0 Å². The average molecular weight is 807 g/mol. The molecule has 6 aromatic carbocycles. The van der Waals surface area contributed by atoms with E-state index in [0.29, 0.717) is 0 Å². The summed E-state index contributed by atoms with van der Waals surface area (Å²) in [6, 6.07) is 63.8. The fourth-order valence-corrected chi connectivity index (χ4v) is 9.40. The fraction of sp³-hybridized carbons (Fsp3) is 0. The highest BCUT2D eigenvalue weighted by Crippen LogP contribution is 2.40. The molecule has 0 saturated heterocycles. The average Bonchev–Trinajstić information content (AvgIpc) is 4.01. The first-order valence-electron chi connectivity index (χ1n) is 21.0. The Balaban J connectivity index is 0.929. The van der Waals surface area contributed by atoms with Gasteiger partial charge in [-0.15, -0.1) is 0 Å². The minimum Gasteiger partial charge on any atom is -0.456 e. The highest BCUT2D eigenvalue weighted by molar-refractivity contribution is 6.12. The van der Waals surface area contributed by atoms with Crippen molar-refractivity contribution in [2.75, 3.05) is 0 Å². The third kappa shape index (κ3) is 5.67. The van der Waals surface area contributed by atoms with Crippen LogP contribution < -0.4 is 0 Å². The topological polar surface area (TPSA) is 74.6 Å². The first-order chi connectivity index (χ1) is 31.2. The monoisotopic (exact) mass is 806 g/mol. The Kier molecular flexibility index (Phi) is 7.77. The first kappa shape index (κ1) is 35.1. The second kappa shape index (κ2) is 13.9. The van der Waals surface area contributed by atoms with Crippen LogP contribution in [0, 0.1) is 0 Å². The molecule has 0 spiro atoms. The first-order valence-corrected chi connectivity index (χ1v) is 21.0. The van der Waals surface area contributed by atoms with Gasteiger partial charge in [0.05, 0.1) is 44.5 Å². The summed E-state index contributed by atoms with van der Waals surface area (Å²) in [7, 11) is 0. The Morgan fingerprint density at radius 2 is 0.762 bits per heavy atom. The molecule has 0 radical (unpaired) electrons. The largest absolute Gasteiger partial charge is 0.456 e. The fourth-order valence-electron chi connectivity index (χ4n) is 9.40. The molecule has 0 amide bonds. The number of rotatable bonds is 6. The summed E-state index contributed by atoms with van der Waals surface area (Å²) in [4.78, 5) is 19.0. The minimum absolute atomic E-state index is 0.835. The highest BCUT2D eigenvalue weighted by atomic mass is 16.3. The van der Waals surface area contributed by atoms with Crippen LogP contribution in [0.3, 0.4) is 0 Å². The van der Waals surface area contributed by atoms with Crippen LogP contribution in [0.5, 0.6) is 0 Å². The quantitative estimate of drug-likeness (QED) is 0.167. The molecule has 63 heavy (non-hydrogen) atoms. The molecule has 0 atom stereocenters. The van der Waals surface area contributed by atoms with Crippen LogP contribution in [0.4, 0.5) is 0 Å². The van der Waals surface area contributed by atoms with E-state index >= 15 is 0 Å². The lowest BCUT2D eigenvalue weighted by molar-refractivity contribution is 0.669. The van der Waals surface area contributed by atoms with E-state index in [1.807, 2.05) is 73.3 Å². The number of furan rings is 1. The molecule has 13 aromatic rings. The van der Waals surface area contributed by atoms with Gasteiger partial charge in [0.25, 0.3) is 0 Å². The van der Waals surface area contributed by atoms with E-state index in [4.69, 9.17) is 14.4 Å². The van der Waals surface area contributed by atoms with Crippen molar-refractivity contribution >= 4 is 65.8 Å². The molecule has 0 aliphatic carbocycles.